The number of para-hydroxylation sites is 1. The Labute approximate surface area is 169 Å². The number of aliphatic hydroxyl groups is 1. The van der Waals surface area contributed by atoms with Crippen molar-refractivity contribution < 1.29 is 9.90 Å². The standard InChI is InChI=1S/C22H24ClN3O2/c1-25-12-9-15-3-2-4-19(20(15)25)24-22(28)26-13-10-17(11-14-26)21(27)16-5-7-18(23)8-6-16/h2-9,12,17,21,27H,10-11,13-14H2,1H3,(H,24,28). The van der Waals surface area contributed by atoms with Crippen LogP contribution in [0.3, 0.4) is 0 Å². The Kier molecular flexibility index (Phi) is 5.29. The normalized spacial score (nSPS) is 16.3. The molecule has 3 aromatic rings. The van der Waals surface area contributed by atoms with Crippen molar-refractivity contribution in [2.24, 2.45) is 13.0 Å². The fourth-order valence-corrected chi connectivity index (χ4v) is 4.13. The summed E-state index contributed by atoms with van der Waals surface area (Å²) in [5.74, 6) is 0.140. The van der Waals surface area contributed by atoms with E-state index >= 15 is 0 Å². The number of nitrogens with zero attached hydrogens (tertiary/aromatic N) is 2. The lowest BCUT2D eigenvalue weighted by atomic mass is 9.87. The molecule has 0 spiro atoms. The molecule has 2 aromatic carbocycles. The van der Waals surface area contributed by atoms with E-state index in [1.807, 2.05) is 59.1 Å². The van der Waals surface area contributed by atoms with E-state index in [9.17, 15) is 9.90 Å². The van der Waals surface area contributed by atoms with Gasteiger partial charge in [-0.15, -0.1) is 0 Å². The highest BCUT2D eigenvalue weighted by atomic mass is 35.5. The highest BCUT2D eigenvalue weighted by Gasteiger charge is 2.28. The van der Waals surface area contributed by atoms with Crippen LogP contribution in [0.4, 0.5) is 10.5 Å². The number of rotatable bonds is 3. The average Bonchev–Trinajstić information content (AvgIpc) is 3.10. The van der Waals surface area contributed by atoms with Gasteiger partial charge in [-0.25, -0.2) is 4.79 Å². The van der Waals surface area contributed by atoms with Crippen LogP contribution in [0.1, 0.15) is 24.5 Å². The van der Waals surface area contributed by atoms with E-state index < -0.39 is 6.10 Å². The fraction of sp³-hybridized carbons (Fsp3) is 0.318. The van der Waals surface area contributed by atoms with Crippen LogP contribution < -0.4 is 5.32 Å². The lowest BCUT2D eigenvalue weighted by molar-refractivity contribution is 0.0683. The molecule has 1 atom stereocenters. The quantitative estimate of drug-likeness (QED) is 0.666. The number of piperidine rings is 1. The van der Waals surface area contributed by atoms with Crippen molar-refractivity contribution in [3.05, 3.63) is 65.3 Å². The highest BCUT2D eigenvalue weighted by molar-refractivity contribution is 6.30. The zero-order valence-electron chi connectivity index (χ0n) is 15.8. The van der Waals surface area contributed by atoms with Crippen molar-refractivity contribution >= 4 is 34.2 Å². The molecule has 6 heteroatoms. The summed E-state index contributed by atoms with van der Waals surface area (Å²) in [4.78, 5) is 14.6. The van der Waals surface area contributed by atoms with Crippen molar-refractivity contribution in [1.29, 1.82) is 0 Å². The first-order valence-electron chi connectivity index (χ1n) is 9.56. The summed E-state index contributed by atoms with van der Waals surface area (Å²) in [5, 5.41) is 15.5. The number of amides is 2. The van der Waals surface area contributed by atoms with Crippen molar-refractivity contribution in [2.45, 2.75) is 18.9 Å². The van der Waals surface area contributed by atoms with Gasteiger partial charge in [0, 0.05) is 36.7 Å². The summed E-state index contributed by atoms with van der Waals surface area (Å²) in [6.45, 7) is 1.26. The molecule has 1 aromatic heterocycles. The molecule has 2 heterocycles. The third kappa shape index (κ3) is 3.73. The number of urea groups is 1. The van der Waals surface area contributed by atoms with Gasteiger partial charge < -0.3 is 19.9 Å². The first-order chi connectivity index (χ1) is 13.5. The van der Waals surface area contributed by atoms with E-state index in [-0.39, 0.29) is 11.9 Å². The van der Waals surface area contributed by atoms with E-state index in [0.717, 1.165) is 35.0 Å². The number of likely N-dealkylation sites (tertiary alicyclic amines) is 1. The molecule has 1 saturated heterocycles. The predicted octanol–water partition coefficient (Wildman–Crippen LogP) is 4.81. The third-order valence-corrected chi connectivity index (χ3v) is 5.88. The van der Waals surface area contributed by atoms with Gasteiger partial charge in [-0.05, 0) is 48.6 Å². The van der Waals surface area contributed by atoms with Crippen molar-refractivity contribution in [3.63, 3.8) is 0 Å². The first-order valence-corrected chi connectivity index (χ1v) is 9.94. The zero-order chi connectivity index (χ0) is 19.7. The van der Waals surface area contributed by atoms with Gasteiger partial charge in [-0.1, -0.05) is 35.9 Å². The lowest BCUT2D eigenvalue weighted by Crippen LogP contribution is -2.42. The lowest BCUT2D eigenvalue weighted by Gasteiger charge is -2.34. The van der Waals surface area contributed by atoms with Gasteiger partial charge in [-0.2, -0.15) is 0 Å². The number of hydrogen-bond acceptors (Lipinski definition) is 2. The number of benzene rings is 2. The maximum Gasteiger partial charge on any atom is 0.321 e. The molecule has 1 aliphatic rings. The van der Waals surface area contributed by atoms with Gasteiger partial charge in [0.25, 0.3) is 0 Å². The minimum Gasteiger partial charge on any atom is -0.388 e. The van der Waals surface area contributed by atoms with Gasteiger partial charge in [0.15, 0.2) is 0 Å². The minimum atomic E-state index is -0.528. The summed E-state index contributed by atoms with van der Waals surface area (Å²) >= 11 is 5.93. The van der Waals surface area contributed by atoms with E-state index in [1.165, 1.54) is 0 Å². The highest BCUT2D eigenvalue weighted by Crippen LogP contribution is 2.32. The zero-order valence-corrected chi connectivity index (χ0v) is 16.6. The molecule has 0 radical (unpaired) electrons. The molecule has 28 heavy (non-hydrogen) atoms. The monoisotopic (exact) mass is 397 g/mol. The van der Waals surface area contributed by atoms with Crippen molar-refractivity contribution in [1.82, 2.24) is 9.47 Å². The summed E-state index contributed by atoms with van der Waals surface area (Å²) in [6, 6.07) is 15.2. The van der Waals surface area contributed by atoms with Crippen LogP contribution in [-0.2, 0) is 7.05 Å². The number of carbonyl (C=O) groups is 1. The Balaban J connectivity index is 1.38. The smallest absolute Gasteiger partial charge is 0.321 e. The van der Waals surface area contributed by atoms with Crippen LogP contribution in [0.5, 0.6) is 0 Å². The molecule has 2 amide bonds. The molecule has 4 rings (SSSR count). The summed E-state index contributed by atoms with van der Waals surface area (Å²) < 4.78 is 2.01. The van der Waals surface area contributed by atoms with E-state index in [4.69, 9.17) is 11.6 Å². The van der Waals surface area contributed by atoms with Crippen LogP contribution in [0.2, 0.25) is 5.02 Å². The van der Waals surface area contributed by atoms with Gasteiger partial charge in [0.2, 0.25) is 0 Å². The van der Waals surface area contributed by atoms with Gasteiger partial charge in [-0.3, -0.25) is 0 Å². The Morgan fingerprint density at radius 3 is 2.57 bits per heavy atom. The number of anilines is 1. The summed E-state index contributed by atoms with van der Waals surface area (Å²) in [6.07, 6.45) is 3.00. The molecule has 0 saturated carbocycles. The second-order valence-corrected chi connectivity index (χ2v) is 7.86. The first kappa shape index (κ1) is 18.8. The number of nitrogens with one attached hydrogen (secondary N) is 1. The molecule has 1 aliphatic heterocycles. The minimum absolute atomic E-state index is 0.0897. The molecule has 146 valence electrons. The van der Waals surface area contributed by atoms with Crippen LogP contribution in [0.25, 0.3) is 10.9 Å². The largest absolute Gasteiger partial charge is 0.388 e. The number of fused-ring (bicyclic) bond motifs is 1. The van der Waals surface area contributed by atoms with Crippen LogP contribution in [0, 0.1) is 5.92 Å². The Bertz CT molecular complexity index is 975. The van der Waals surface area contributed by atoms with Gasteiger partial charge in [0.1, 0.15) is 0 Å². The summed E-state index contributed by atoms with van der Waals surface area (Å²) in [5.41, 5.74) is 2.71. The Morgan fingerprint density at radius 2 is 1.86 bits per heavy atom. The van der Waals surface area contributed by atoms with Crippen LogP contribution in [0.15, 0.2) is 54.7 Å². The molecular weight excluding hydrogens is 374 g/mol. The maximum absolute atomic E-state index is 12.8. The number of halogens is 1. The second kappa shape index (κ2) is 7.86. The average molecular weight is 398 g/mol. The Hall–Kier alpha value is -2.50. The van der Waals surface area contributed by atoms with Crippen molar-refractivity contribution in [2.75, 3.05) is 18.4 Å². The van der Waals surface area contributed by atoms with Gasteiger partial charge >= 0.3 is 6.03 Å². The third-order valence-electron chi connectivity index (χ3n) is 5.62. The molecule has 0 bridgehead atoms. The predicted molar refractivity (Wildman–Crippen MR) is 113 cm³/mol. The number of hydrogen-bond donors (Lipinski definition) is 2. The van der Waals surface area contributed by atoms with Crippen LogP contribution >= 0.6 is 11.6 Å². The second-order valence-electron chi connectivity index (χ2n) is 7.42. The molecule has 1 fully saturated rings. The SMILES string of the molecule is Cn1ccc2cccc(NC(=O)N3CCC(C(O)c4ccc(Cl)cc4)CC3)c21. The van der Waals surface area contributed by atoms with Crippen molar-refractivity contribution in [3.8, 4) is 0 Å². The number of carbonyl (C=O) groups excluding carboxylic acids is 1. The maximum atomic E-state index is 12.8. The number of aliphatic hydroxyl groups excluding tert-OH is 1. The fourth-order valence-electron chi connectivity index (χ4n) is 4.00. The number of aromatic nitrogens is 1. The molecule has 5 nitrogen and oxygen atoms in total. The van der Waals surface area contributed by atoms with Crippen LogP contribution in [-0.4, -0.2) is 33.7 Å². The number of aryl methyl sites for hydroxylation is 1. The molecule has 0 aliphatic carbocycles. The molecule has 2 N–H and O–H groups in total. The molecule has 1 unspecified atom stereocenters. The molecular formula is C22H24ClN3O2. The van der Waals surface area contributed by atoms with Gasteiger partial charge in [0.05, 0.1) is 17.3 Å². The van der Waals surface area contributed by atoms with E-state index in [2.05, 4.69) is 5.32 Å². The topological polar surface area (TPSA) is 57.5 Å². The van der Waals surface area contributed by atoms with E-state index in [0.29, 0.717) is 18.1 Å². The Morgan fingerprint density at radius 1 is 1.14 bits per heavy atom. The van der Waals surface area contributed by atoms with E-state index in [1.54, 1.807) is 12.1 Å². The summed E-state index contributed by atoms with van der Waals surface area (Å²) in [7, 11) is 1.97.